The molecular weight excluding hydrogens is 198 g/mol. The molecule has 3 nitrogen and oxygen atoms in total. The Labute approximate surface area is 87.6 Å². The Balaban J connectivity index is 2.21. The Morgan fingerprint density at radius 3 is 2.71 bits per heavy atom. The van der Waals surface area contributed by atoms with Crippen LogP contribution in [0.2, 0.25) is 0 Å². The number of hydrogen-bond donors (Lipinski definition) is 1. The van der Waals surface area contributed by atoms with Crippen LogP contribution < -0.4 is 15.2 Å². The van der Waals surface area contributed by atoms with E-state index < -0.39 is 0 Å². The fourth-order valence-corrected chi connectivity index (χ4v) is 2.15. The van der Waals surface area contributed by atoms with Gasteiger partial charge in [-0.2, -0.15) is 0 Å². The smallest absolute Gasteiger partial charge is 0.231 e. The average molecular weight is 211 g/mol. The third-order valence-corrected chi connectivity index (χ3v) is 2.74. The molecule has 0 aliphatic carbocycles. The van der Waals surface area contributed by atoms with Crippen molar-refractivity contribution < 1.29 is 9.47 Å². The largest absolute Gasteiger partial charge is 0.454 e. The normalized spacial score (nSPS) is 14.5. The first-order chi connectivity index (χ1) is 6.54. The SMILES string of the molecule is CC(C)(N)Sc1ccc2c(c1)OCO2. The van der Waals surface area contributed by atoms with Gasteiger partial charge < -0.3 is 15.2 Å². The van der Waals surface area contributed by atoms with Crippen molar-refractivity contribution in [3.63, 3.8) is 0 Å². The molecule has 14 heavy (non-hydrogen) atoms. The van der Waals surface area contributed by atoms with Crippen LogP contribution in [0.5, 0.6) is 11.5 Å². The first-order valence-electron chi connectivity index (χ1n) is 4.42. The molecule has 0 saturated heterocycles. The zero-order valence-corrected chi connectivity index (χ0v) is 9.06. The van der Waals surface area contributed by atoms with Gasteiger partial charge in [-0.25, -0.2) is 0 Å². The lowest BCUT2D eigenvalue weighted by molar-refractivity contribution is 0.174. The van der Waals surface area contributed by atoms with Crippen molar-refractivity contribution in [1.29, 1.82) is 0 Å². The van der Waals surface area contributed by atoms with E-state index in [1.165, 1.54) is 0 Å². The van der Waals surface area contributed by atoms with Crippen LogP contribution >= 0.6 is 11.8 Å². The van der Waals surface area contributed by atoms with Gasteiger partial charge in [0.25, 0.3) is 0 Å². The highest BCUT2D eigenvalue weighted by Gasteiger charge is 2.17. The van der Waals surface area contributed by atoms with E-state index >= 15 is 0 Å². The molecule has 0 spiro atoms. The van der Waals surface area contributed by atoms with Gasteiger partial charge in [0.2, 0.25) is 6.79 Å². The van der Waals surface area contributed by atoms with Crippen LogP contribution in [0.15, 0.2) is 23.1 Å². The lowest BCUT2D eigenvalue weighted by Crippen LogP contribution is -2.26. The molecule has 0 aromatic heterocycles. The van der Waals surface area contributed by atoms with E-state index in [-0.39, 0.29) is 4.87 Å². The maximum absolute atomic E-state index is 5.90. The van der Waals surface area contributed by atoms with Crippen molar-refractivity contribution in [2.75, 3.05) is 6.79 Å². The summed E-state index contributed by atoms with van der Waals surface area (Å²) in [5.41, 5.74) is 5.90. The molecule has 0 radical (unpaired) electrons. The van der Waals surface area contributed by atoms with Gasteiger partial charge in [0.1, 0.15) is 0 Å². The number of ether oxygens (including phenoxy) is 2. The molecule has 0 atom stereocenters. The summed E-state index contributed by atoms with van der Waals surface area (Å²) in [4.78, 5) is 0.829. The maximum Gasteiger partial charge on any atom is 0.231 e. The zero-order valence-electron chi connectivity index (χ0n) is 8.24. The van der Waals surface area contributed by atoms with Crippen molar-refractivity contribution in [3.05, 3.63) is 18.2 Å². The molecule has 4 heteroatoms. The molecule has 0 amide bonds. The molecule has 1 aromatic rings. The highest BCUT2D eigenvalue weighted by atomic mass is 32.2. The summed E-state index contributed by atoms with van der Waals surface area (Å²) in [6.07, 6.45) is 0. The Kier molecular flexibility index (Phi) is 2.33. The molecule has 76 valence electrons. The monoisotopic (exact) mass is 211 g/mol. The molecule has 0 fully saturated rings. The summed E-state index contributed by atoms with van der Waals surface area (Å²) >= 11 is 1.61. The lowest BCUT2D eigenvalue weighted by Gasteiger charge is -2.17. The average Bonchev–Trinajstić information content (AvgIpc) is 2.47. The number of nitrogens with two attached hydrogens (primary N) is 1. The first kappa shape index (κ1) is 9.68. The predicted octanol–water partition coefficient (Wildman–Crippen LogP) is 2.20. The minimum absolute atomic E-state index is 0.270. The molecule has 1 aliphatic rings. The highest BCUT2D eigenvalue weighted by molar-refractivity contribution is 8.00. The second-order valence-electron chi connectivity index (χ2n) is 3.72. The Morgan fingerprint density at radius 2 is 2.00 bits per heavy atom. The summed E-state index contributed by atoms with van der Waals surface area (Å²) in [5.74, 6) is 1.61. The third kappa shape index (κ3) is 2.13. The van der Waals surface area contributed by atoms with Crippen LogP contribution in [0.4, 0.5) is 0 Å². The molecular formula is C10H13NO2S. The van der Waals surface area contributed by atoms with Crippen LogP contribution in [0.1, 0.15) is 13.8 Å². The van der Waals surface area contributed by atoms with Crippen LogP contribution in [0, 0.1) is 0 Å². The minimum atomic E-state index is -0.270. The van der Waals surface area contributed by atoms with E-state index in [0.29, 0.717) is 6.79 Å². The number of thioether (sulfide) groups is 1. The summed E-state index contributed by atoms with van der Waals surface area (Å²) in [7, 11) is 0. The lowest BCUT2D eigenvalue weighted by atomic mass is 10.3. The van der Waals surface area contributed by atoms with E-state index in [1.54, 1.807) is 11.8 Å². The molecule has 1 aromatic carbocycles. The van der Waals surface area contributed by atoms with Gasteiger partial charge in [-0.15, -0.1) is 11.8 Å². The van der Waals surface area contributed by atoms with Gasteiger partial charge in [0.05, 0.1) is 4.87 Å². The van der Waals surface area contributed by atoms with E-state index in [4.69, 9.17) is 15.2 Å². The quantitative estimate of drug-likeness (QED) is 0.601. The number of rotatable bonds is 2. The Bertz CT molecular complexity index is 346. The number of benzene rings is 1. The molecule has 1 heterocycles. The molecule has 0 unspecified atom stereocenters. The van der Waals surface area contributed by atoms with Crippen molar-refractivity contribution >= 4 is 11.8 Å². The topological polar surface area (TPSA) is 44.5 Å². The third-order valence-electron chi connectivity index (χ3n) is 1.72. The molecule has 0 saturated carbocycles. The van der Waals surface area contributed by atoms with Gasteiger partial charge >= 0.3 is 0 Å². The first-order valence-corrected chi connectivity index (χ1v) is 5.24. The Hall–Kier alpha value is -0.870. The second kappa shape index (κ2) is 3.37. The van der Waals surface area contributed by atoms with Gasteiger partial charge in [0.15, 0.2) is 11.5 Å². The van der Waals surface area contributed by atoms with Crippen LogP contribution in [0.3, 0.4) is 0 Å². The predicted molar refractivity (Wildman–Crippen MR) is 56.7 cm³/mol. The maximum atomic E-state index is 5.90. The molecule has 0 bridgehead atoms. The standard InChI is InChI=1S/C10H13NO2S/c1-10(2,11)14-7-3-4-8-9(5-7)13-6-12-8/h3-5H,6,11H2,1-2H3. The second-order valence-corrected chi connectivity index (χ2v) is 5.45. The van der Waals surface area contributed by atoms with E-state index in [1.807, 2.05) is 32.0 Å². The van der Waals surface area contributed by atoms with Crippen molar-refractivity contribution in [3.8, 4) is 11.5 Å². The summed E-state index contributed by atoms with van der Waals surface area (Å²) in [6, 6.07) is 5.87. The molecule has 2 N–H and O–H groups in total. The van der Waals surface area contributed by atoms with Crippen LogP contribution in [-0.4, -0.2) is 11.7 Å². The van der Waals surface area contributed by atoms with Crippen molar-refractivity contribution in [2.24, 2.45) is 5.73 Å². The minimum Gasteiger partial charge on any atom is -0.454 e. The highest BCUT2D eigenvalue weighted by Crippen LogP contribution is 2.37. The summed E-state index contributed by atoms with van der Waals surface area (Å²) < 4.78 is 10.5. The van der Waals surface area contributed by atoms with E-state index in [9.17, 15) is 0 Å². The van der Waals surface area contributed by atoms with Crippen molar-refractivity contribution in [2.45, 2.75) is 23.6 Å². The summed E-state index contributed by atoms with van der Waals surface area (Å²) in [5, 5.41) is 0. The van der Waals surface area contributed by atoms with Gasteiger partial charge in [-0.05, 0) is 32.0 Å². The van der Waals surface area contributed by atoms with Crippen LogP contribution in [0.25, 0.3) is 0 Å². The fraction of sp³-hybridized carbons (Fsp3) is 0.400. The van der Waals surface area contributed by atoms with Crippen molar-refractivity contribution in [1.82, 2.24) is 0 Å². The number of hydrogen-bond acceptors (Lipinski definition) is 4. The van der Waals surface area contributed by atoms with E-state index in [0.717, 1.165) is 16.4 Å². The Morgan fingerprint density at radius 1 is 1.29 bits per heavy atom. The summed E-state index contributed by atoms with van der Waals surface area (Å²) in [6.45, 7) is 4.26. The van der Waals surface area contributed by atoms with Gasteiger partial charge in [-0.3, -0.25) is 0 Å². The van der Waals surface area contributed by atoms with E-state index in [2.05, 4.69) is 0 Å². The fourth-order valence-electron chi connectivity index (χ4n) is 1.24. The zero-order chi connectivity index (χ0) is 10.2. The van der Waals surface area contributed by atoms with Crippen LogP contribution in [-0.2, 0) is 0 Å². The molecule has 1 aliphatic heterocycles. The molecule has 2 rings (SSSR count). The number of fused-ring (bicyclic) bond motifs is 1. The van der Waals surface area contributed by atoms with Gasteiger partial charge in [-0.1, -0.05) is 0 Å². The van der Waals surface area contributed by atoms with Gasteiger partial charge in [0, 0.05) is 4.90 Å².